The molecule has 5 heteroatoms. The van der Waals surface area contributed by atoms with Gasteiger partial charge in [-0.05, 0) is 18.6 Å². The van der Waals surface area contributed by atoms with Gasteiger partial charge in [-0.15, -0.1) is 0 Å². The Morgan fingerprint density at radius 2 is 2.53 bits per heavy atom. The van der Waals surface area contributed by atoms with Crippen LogP contribution >= 0.6 is 0 Å². The molecule has 17 heavy (non-hydrogen) atoms. The summed E-state index contributed by atoms with van der Waals surface area (Å²) in [5, 5.41) is 11.5. The minimum Gasteiger partial charge on any atom is -0.359 e. The number of pyridine rings is 1. The zero-order valence-corrected chi connectivity index (χ0v) is 9.68. The average Bonchev–Trinajstić information content (AvgIpc) is 2.87. The summed E-state index contributed by atoms with van der Waals surface area (Å²) in [5.41, 5.74) is 0.596. The summed E-state index contributed by atoms with van der Waals surface area (Å²) in [6.07, 6.45) is 2.46. The molecule has 0 aromatic carbocycles. The van der Waals surface area contributed by atoms with E-state index in [-0.39, 0.29) is 11.8 Å². The zero-order valence-electron chi connectivity index (χ0n) is 9.68. The molecule has 2 heterocycles. The Kier molecular flexibility index (Phi) is 3.24. The van der Waals surface area contributed by atoms with Crippen LogP contribution in [0.1, 0.15) is 12.0 Å². The molecule has 1 aromatic rings. The maximum absolute atomic E-state index is 11.5. The third kappa shape index (κ3) is 2.36. The molecular formula is C12H14N4O. The zero-order chi connectivity index (χ0) is 12.3. The van der Waals surface area contributed by atoms with E-state index in [2.05, 4.69) is 16.4 Å². The number of carbonyl (C=O) groups is 1. The maximum atomic E-state index is 11.5. The fraction of sp³-hybridized carbons (Fsp3) is 0.417. The summed E-state index contributed by atoms with van der Waals surface area (Å²) in [5.74, 6) is 0.868. The topological polar surface area (TPSA) is 69.0 Å². The van der Waals surface area contributed by atoms with E-state index < -0.39 is 0 Å². The fourth-order valence-electron chi connectivity index (χ4n) is 2.05. The van der Waals surface area contributed by atoms with Crippen LogP contribution in [0.25, 0.3) is 0 Å². The number of nitrogens with one attached hydrogen (secondary N) is 1. The molecule has 1 aliphatic heterocycles. The largest absolute Gasteiger partial charge is 0.359 e. The molecule has 1 aromatic heterocycles. The molecule has 1 amide bonds. The van der Waals surface area contributed by atoms with Gasteiger partial charge in [-0.3, -0.25) is 4.79 Å². The van der Waals surface area contributed by atoms with Gasteiger partial charge in [0, 0.05) is 26.3 Å². The van der Waals surface area contributed by atoms with Crippen molar-refractivity contribution in [3.05, 3.63) is 23.9 Å². The lowest BCUT2D eigenvalue weighted by atomic mass is 10.1. The Morgan fingerprint density at radius 3 is 3.24 bits per heavy atom. The van der Waals surface area contributed by atoms with Crippen LogP contribution in [0.15, 0.2) is 18.3 Å². The minimum atomic E-state index is 0.0209. The minimum absolute atomic E-state index is 0.0209. The van der Waals surface area contributed by atoms with Crippen molar-refractivity contribution in [1.29, 1.82) is 5.26 Å². The van der Waals surface area contributed by atoms with Gasteiger partial charge in [0.1, 0.15) is 5.82 Å². The summed E-state index contributed by atoms with van der Waals surface area (Å²) < 4.78 is 0. The number of hydrogen-bond acceptors (Lipinski definition) is 4. The lowest BCUT2D eigenvalue weighted by molar-refractivity contribution is -0.123. The summed E-state index contributed by atoms with van der Waals surface area (Å²) in [4.78, 5) is 17.8. The van der Waals surface area contributed by atoms with Crippen molar-refractivity contribution in [3.8, 4) is 6.07 Å². The van der Waals surface area contributed by atoms with Gasteiger partial charge in [0.05, 0.1) is 17.6 Å². The number of carbonyl (C=O) groups excluding carboxylic acids is 1. The smallest absolute Gasteiger partial charge is 0.224 e. The van der Waals surface area contributed by atoms with Crippen molar-refractivity contribution in [2.75, 3.05) is 25.0 Å². The lowest BCUT2D eigenvalue weighted by Gasteiger charge is -2.17. The SMILES string of the molecule is CNC(=O)C1CCN(c2cc(C#N)ccn2)C1. The van der Waals surface area contributed by atoms with Crippen LogP contribution in [0.5, 0.6) is 0 Å². The highest BCUT2D eigenvalue weighted by atomic mass is 16.1. The number of amides is 1. The van der Waals surface area contributed by atoms with Gasteiger partial charge in [-0.1, -0.05) is 0 Å². The highest BCUT2D eigenvalue weighted by molar-refractivity contribution is 5.79. The first kappa shape index (κ1) is 11.4. The van der Waals surface area contributed by atoms with Gasteiger partial charge in [-0.25, -0.2) is 4.98 Å². The first-order chi connectivity index (χ1) is 8.24. The summed E-state index contributed by atoms with van der Waals surface area (Å²) in [6, 6.07) is 5.52. The van der Waals surface area contributed by atoms with E-state index in [0.29, 0.717) is 12.1 Å². The normalized spacial score (nSPS) is 18.8. The number of anilines is 1. The van der Waals surface area contributed by atoms with Crippen molar-refractivity contribution >= 4 is 11.7 Å². The Bertz CT molecular complexity index is 466. The number of nitriles is 1. The van der Waals surface area contributed by atoms with Crippen LogP contribution in [0, 0.1) is 17.2 Å². The number of rotatable bonds is 2. The molecule has 1 unspecified atom stereocenters. The van der Waals surface area contributed by atoms with E-state index in [4.69, 9.17) is 5.26 Å². The van der Waals surface area contributed by atoms with E-state index in [1.54, 1.807) is 25.4 Å². The van der Waals surface area contributed by atoms with Crippen LogP contribution in [0.3, 0.4) is 0 Å². The molecule has 1 N–H and O–H groups in total. The molecule has 0 spiro atoms. The molecule has 2 rings (SSSR count). The van der Waals surface area contributed by atoms with Gasteiger partial charge in [0.2, 0.25) is 5.91 Å². The van der Waals surface area contributed by atoms with Crippen LogP contribution < -0.4 is 10.2 Å². The van der Waals surface area contributed by atoms with Crippen molar-refractivity contribution in [2.45, 2.75) is 6.42 Å². The predicted molar refractivity (Wildman–Crippen MR) is 63.3 cm³/mol. The molecule has 1 saturated heterocycles. The van der Waals surface area contributed by atoms with E-state index in [9.17, 15) is 4.79 Å². The Hall–Kier alpha value is -2.09. The molecule has 1 fully saturated rings. The van der Waals surface area contributed by atoms with Crippen molar-refractivity contribution < 1.29 is 4.79 Å². The van der Waals surface area contributed by atoms with E-state index in [1.165, 1.54) is 0 Å². The van der Waals surface area contributed by atoms with Crippen molar-refractivity contribution in [1.82, 2.24) is 10.3 Å². The van der Waals surface area contributed by atoms with Crippen molar-refractivity contribution in [3.63, 3.8) is 0 Å². The second kappa shape index (κ2) is 4.83. The standard InChI is InChI=1S/C12H14N4O/c1-14-12(17)10-3-5-16(8-10)11-6-9(7-13)2-4-15-11/h2,4,6,10H,3,5,8H2,1H3,(H,14,17). The first-order valence-corrected chi connectivity index (χ1v) is 5.57. The number of aromatic nitrogens is 1. The number of hydrogen-bond donors (Lipinski definition) is 1. The van der Waals surface area contributed by atoms with E-state index >= 15 is 0 Å². The quantitative estimate of drug-likeness (QED) is 0.804. The van der Waals surface area contributed by atoms with Gasteiger partial charge in [0.15, 0.2) is 0 Å². The summed E-state index contributed by atoms with van der Waals surface area (Å²) >= 11 is 0. The second-order valence-corrected chi connectivity index (χ2v) is 4.06. The van der Waals surface area contributed by atoms with Gasteiger partial charge in [-0.2, -0.15) is 5.26 Å². The monoisotopic (exact) mass is 230 g/mol. The molecule has 1 aliphatic rings. The molecule has 0 aliphatic carbocycles. The van der Waals surface area contributed by atoms with E-state index in [0.717, 1.165) is 18.8 Å². The maximum Gasteiger partial charge on any atom is 0.224 e. The van der Waals surface area contributed by atoms with E-state index in [1.807, 2.05) is 4.90 Å². The second-order valence-electron chi connectivity index (χ2n) is 4.06. The highest BCUT2D eigenvalue weighted by Crippen LogP contribution is 2.22. The van der Waals surface area contributed by atoms with Crippen molar-refractivity contribution in [2.24, 2.45) is 5.92 Å². The highest BCUT2D eigenvalue weighted by Gasteiger charge is 2.28. The lowest BCUT2D eigenvalue weighted by Crippen LogP contribution is -2.30. The van der Waals surface area contributed by atoms with Crippen LogP contribution in [-0.4, -0.2) is 31.0 Å². The Morgan fingerprint density at radius 1 is 1.71 bits per heavy atom. The Labute approximate surface area is 100 Å². The molecule has 5 nitrogen and oxygen atoms in total. The third-order valence-corrected chi connectivity index (χ3v) is 3.00. The molecule has 88 valence electrons. The van der Waals surface area contributed by atoms with Gasteiger partial charge >= 0.3 is 0 Å². The fourth-order valence-corrected chi connectivity index (χ4v) is 2.05. The van der Waals surface area contributed by atoms with Gasteiger partial charge < -0.3 is 10.2 Å². The summed E-state index contributed by atoms with van der Waals surface area (Å²) in [6.45, 7) is 1.47. The molecule has 1 atom stereocenters. The molecular weight excluding hydrogens is 216 g/mol. The molecule has 0 bridgehead atoms. The summed E-state index contributed by atoms with van der Waals surface area (Å²) in [7, 11) is 1.65. The van der Waals surface area contributed by atoms with Gasteiger partial charge in [0.25, 0.3) is 0 Å². The Balaban J connectivity index is 2.10. The number of nitrogens with zero attached hydrogens (tertiary/aromatic N) is 3. The molecule has 0 saturated carbocycles. The van der Waals surface area contributed by atoms with Crippen LogP contribution in [0.2, 0.25) is 0 Å². The van der Waals surface area contributed by atoms with Crippen LogP contribution in [0.4, 0.5) is 5.82 Å². The molecule has 0 radical (unpaired) electrons. The van der Waals surface area contributed by atoms with Crippen LogP contribution in [-0.2, 0) is 4.79 Å². The third-order valence-electron chi connectivity index (χ3n) is 3.00. The predicted octanol–water partition coefficient (Wildman–Crippen LogP) is 0.526. The first-order valence-electron chi connectivity index (χ1n) is 5.57. The average molecular weight is 230 g/mol.